The molecule has 0 spiro atoms. The number of nitrogens with zero attached hydrogens (tertiary/aromatic N) is 2. The molecule has 1 saturated heterocycles. The van der Waals surface area contributed by atoms with E-state index in [1.165, 1.54) is 6.20 Å². The van der Waals surface area contributed by atoms with Crippen molar-refractivity contribution in [3.05, 3.63) is 106 Å². The van der Waals surface area contributed by atoms with Crippen LogP contribution in [0.5, 0.6) is 0 Å². The van der Waals surface area contributed by atoms with Crippen LogP contribution in [0.1, 0.15) is 33.4 Å². The maximum Gasteiger partial charge on any atom is 0.417 e. The minimum Gasteiger partial charge on any atom is -0.361 e. The van der Waals surface area contributed by atoms with Gasteiger partial charge in [-0.15, -0.1) is 0 Å². The molecule has 52 heavy (non-hydrogen) atoms. The molecule has 1 aliphatic rings. The van der Waals surface area contributed by atoms with Crippen LogP contribution in [0.15, 0.2) is 72.9 Å². The van der Waals surface area contributed by atoms with Crippen molar-refractivity contribution in [2.45, 2.75) is 44.0 Å². The second-order valence-corrected chi connectivity index (χ2v) is 12.3. The summed E-state index contributed by atoms with van der Waals surface area (Å²) < 4.78 is 123. The standard InChI is InChI=1S/C35H29F9N4O4/c1-47(16-20-11-24(33(36,37)38)30(35(42,43)44)25(12-20)34(39,40)41)31(51)23(14-21-15-45-26-10-6-5-9-22(21)26)28(49)17-48-18-29(50)46-27(32(48)52)13-19-7-3-2-4-8-19/h2-12,15,23,27,45H,13-14,16-18H2,1H3,(H,46,50). The highest BCUT2D eigenvalue weighted by Gasteiger charge is 2.50. The van der Waals surface area contributed by atoms with Crippen molar-refractivity contribution >= 4 is 34.4 Å². The molecular weight excluding hydrogens is 711 g/mol. The predicted octanol–water partition coefficient (Wildman–Crippen LogP) is 6.18. The number of benzene rings is 3. The van der Waals surface area contributed by atoms with Crippen LogP contribution >= 0.6 is 0 Å². The van der Waals surface area contributed by atoms with Crippen molar-refractivity contribution in [2.24, 2.45) is 5.92 Å². The van der Waals surface area contributed by atoms with E-state index in [-0.39, 0.29) is 25.0 Å². The third-order valence-corrected chi connectivity index (χ3v) is 8.58. The largest absolute Gasteiger partial charge is 0.417 e. The Balaban J connectivity index is 1.47. The number of piperazine rings is 1. The average molecular weight is 741 g/mol. The van der Waals surface area contributed by atoms with E-state index in [4.69, 9.17) is 0 Å². The van der Waals surface area contributed by atoms with Gasteiger partial charge in [-0.25, -0.2) is 0 Å². The lowest BCUT2D eigenvalue weighted by atomic mass is 9.92. The van der Waals surface area contributed by atoms with Crippen molar-refractivity contribution in [3.8, 4) is 0 Å². The Morgan fingerprint density at radius 3 is 2.04 bits per heavy atom. The number of hydrogen-bond acceptors (Lipinski definition) is 4. The number of aromatic nitrogens is 1. The van der Waals surface area contributed by atoms with Crippen LogP contribution in [0, 0.1) is 5.92 Å². The number of alkyl halides is 9. The van der Waals surface area contributed by atoms with E-state index in [2.05, 4.69) is 10.3 Å². The maximum absolute atomic E-state index is 13.9. The van der Waals surface area contributed by atoms with E-state index < -0.39 is 95.9 Å². The zero-order valence-electron chi connectivity index (χ0n) is 27.0. The summed E-state index contributed by atoms with van der Waals surface area (Å²) in [6.45, 7) is -2.34. The van der Waals surface area contributed by atoms with Crippen LogP contribution in [0.2, 0.25) is 0 Å². The number of ketones is 1. The Morgan fingerprint density at radius 1 is 0.846 bits per heavy atom. The van der Waals surface area contributed by atoms with E-state index >= 15 is 0 Å². The first-order chi connectivity index (χ1) is 24.2. The molecule has 2 atom stereocenters. The van der Waals surface area contributed by atoms with Gasteiger partial charge in [0.2, 0.25) is 17.7 Å². The van der Waals surface area contributed by atoms with Crippen LogP contribution in [-0.2, 0) is 57.1 Å². The minimum absolute atomic E-state index is 0.0868. The van der Waals surface area contributed by atoms with E-state index in [1.807, 2.05) is 0 Å². The van der Waals surface area contributed by atoms with Crippen molar-refractivity contribution in [1.29, 1.82) is 0 Å². The number of nitrogens with one attached hydrogen (secondary N) is 2. The number of aromatic amines is 1. The van der Waals surface area contributed by atoms with Crippen LogP contribution in [-0.4, -0.2) is 64.5 Å². The number of para-hydroxylation sites is 1. The van der Waals surface area contributed by atoms with Crippen LogP contribution < -0.4 is 5.32 Å². The number of carbonyl (C=O) groups excluding carboxylic acids is 4. The lowest BCUT2D eigenvalue weighted by Gasteiger charge is -2.33. The number of hydrogen-bond donors (Lipinski definition) is 2. The Kier molecular flexibility index (Phi) is 10.5. The van der Waals surface area contributed by atoms with Gasteiger partial charge in [-0.2, -0.15) is 39.5 Å². The number of carbonyl (C=O) groups is 4. The number of Topliss-reactive ketones (excluding diaryl/α,β-unsaturated/α-hetero) is 1. The third-order valence-electron chi connectivity index (χ3n) is 8.58. The topological polar surface area (TPSA) is 103 Å². The van der Waals surface area contributed by atoms with Gasteiger partial charge in [0.15, 0.2) is 5.78 Å². The van der Waals surface area contributed by atoms with Crippen LogP contribution in [0.4, 0.5) is 39.5 Å². The normalized spacial score (nSPS) is 16.2. The minimum atomic E-state index is -6.03. The van der Waals surface area contributed by atoms with Gasteiger partial charge in [0.1, 0.15) is 18.5 Å². The summed E-state index contributed by atoms with van der Waals surface area (Å²) in [5.41, 5.74) is -7.30. The highest BCUT2D eigenvalue weighted by Crippen LogP contribution is 2.47. The molecule has 17 heteroatoms. The second kappa shape index (κ2) is 14.3. The Bertz CT molecular complexity index is 1950. The number of rotatable bonds is 10. The highest BCUT2D eigenvalue weighted by molar-refractivity contribution is 6.05. The van der Waals surface area contributed by atoms with Gasteiger partial charge in [-0.05, 0) is 41.3 Å². The van der Waals surface area contributed by atoms with Crippen molar-refractivity contribution < 1.29 is 58.7 Å². The van der Waals surface area contributed by atoms with Gasteiger partial charge < -0.3 is 20.1 Å². The summed E-state index contributed by atoms with van der Waals surface area (Å²) in [7, 11) is 0.964. The Morgan fingerprint density at radius 2 is 1.44 bits per heavy atom. The zero-order valence-corrected chi connectivity index (χ0v) is 27.0. The highest BCUT2D eigenvalue weighted by atomic mass is 19.4. The first kappa shape index (κ1) is 37.9. The van der Waals surface area contributed by atoms with Gasteiger partial charge in [-0.3, -0.25) is 19.2 Å². The van der Waals surface area contributed by atoms with Crippen LogP contribution in [0.25, 0.3) is 10.9 Å². The molecule has 276 valence electrons. The van der Waals surface area contributed by atoms with E-state index in [9.17, 15) is 58.7 Å². The lowest BCUT2D eigenvalue weighted by Crippen LogP contribution is -2.60. The maximum atomic E-state index is 13.9. The molecule has 4 aromatic rings. The number of halogens is 9. The Labute approximate surface area is 289 Å². The predicted molar refractivity (Wildman–Crippen MR) is 167 cm³/mol. The summed E-state index contributed by atoms with van der Waals surface area (Å²) in [5.74, 6) is -4.91. The molecule has 1 aromatic heterocycles. The first-order valence-electron chi connectivity index (χ1n) is 15.6. The molecule has 3 amide bonds. The van der Waals surface area contributed by atoms with Crippen molar-refractivity contribution in [3.63, 3.8) is 0 Å². The molecule has 5 rings (SSSR count). The van der Waals surface area contributed by atoms with Crippen molar-refractivity contribution in [1.82, 2.24) is 20.1 Å². The Hall–Kier alpha value is -5.35. The zero-order chi connectivity index (χ0) is 38.2. The van der Waals surface area contributed by atoms with E-state index in [0.717, 1.165) is 11.9 Å². The van der Waals surface area contributed by atoms with Gasteiger partial charge in [0.05, 0.1) is 23.2 Å². The molecule has 0 aliphatic carbocycles. The molecule has 2 unspecified atom stereocenters. The third kappa shape index (κ3) is 8.40. The molecule has 1 aliphatic heterocycles. The summed E-state index contributed by atoms with van der Waals surface area (Å²) in [5, 5.41) is 3.15. The summed E-state index contributed by atoms with van der Waals surface area (Å²) in [4.78, 5) is 58.3. The number of H-pyrrole nitrogens is 1. The van der Waals surface area contributed by atoms with Gasteiger partial charge in [-0.1, -0.05) is 48.5 Å². The molecule has 3 aromatic carbocycles. The summed E-state index contributed by atoms with van der Waals surface area (Å²) in [6.07, 6.45) is -16.5. The summed E-state index contributed by atoms with van der Waals surface area (Å²) in [6, 6.07) is 14.1. The molecule has 0 radical (unpaired) electrons. The molecule has 2 heterocycles. The fourth-order valence-electron chi connectivity index (χ4n) is 6.22. The second-order valence-electron chi connectivity index (χ2n) is 12.3. The fraction of sp³-hybridized carbons (Fsp3) is 0.314. The van der Waals surface area contributed by atoms with E-state index in [1.54, 1.807) is 54.6 Å². The smallest absolute Gasteiger partial charge is 0.361 e. The summed E-state index contributed by atoms with van der Waals surface area (Å²) >= 11 is 0. The molecule has 8 nitrogen and oxygen atoms in total. The monoisotopic (exact) mass is 740 g/mol. The fourth-order valence-corrected chi connectivity index (χ4v) is 6.22. The first-order valence-corrected chi connectivity index (χ1v) is 15.6. The van der Waals surface area contributed by atoms with Crippen LogP contribution in [0.3, 0.4) is 0 Å². The lowest BCUT2D eigenvalue weighted by molar-refractivity contribution is -0.174. The molecule has 1 fully saturated rings. The quantitative estimate of drug-likeness (QED) is 0.150. The molecule has 0 saturated carbocycles. The number of fused-ring (bicyclic) bond motifs is 1. The molecular formula is C35H29F9N4O4. The van der Waals surface area contributed by atoms with Crippen molar-refractivity contribution in [2.75, 3.05) is 20.1 Å². The van der Waals surface area contributed by atoms with E-state index in [0.29, 0.717) is 26.9 Å². The molecule has 2 N–H and O–H groups in total. The average Bonchev–Trinajstić information content (AvgIpc) is 3.47. The number of amides is 3. The van der Waals surface area contributed by atoms with Gasteiger partial charge in [0.25, 0.3) is 0 Å². The van der Waals surface area contributed by atoms with Gasteiger partial charge in [0, 0.05) is 37.1 Å². The van der Waals surface area contributed by atoms with Gasteiger partial charge >= 0.3 is 18.5 Å². The molecule has 0 bridgehead atoms. The SMILES string of the molecule is CN(Cc1cc(C(F)(F)F)c(C(F)(F)F)c(C(F)(F)F)c1)C(=O)C(Cc1c[nH]c2ccccc12)C(=O)CN1CC(=O)NC(Cc2ccccc2)C1=O.